The third-order valence-corrected chi connectivity index (χ3v) is 4.59. The lowest BCUT2D eigenvalue weighted by Crippen LogP contribution is -2.33. The molecule has 0 unspecified atom stereocenters. The summed E-state index contributed by atoms with van der Waals surface area (Å²) in [7, 11) is 0. The molecule has 0 bridgehead atoms. The average Bonchev–Trinajstić information content (AvgIpc) is 2.94. The van der Waals surface area contributed by atoms with E-state index < -0.39 is 17.2 Å². The Labute approximate surface area is 140 Å². The van der Waals surface area contributed by atoms with Crippen molar-refractivity contribution in [2.75, 3.05) is 0 Å². The number of aryl methyl sites for hydroxylation is 1. The lowest BCUT2D eigenvalue weighted by atomic mass is 10.2. The molecule has 0 atom stereocenters. The molecule has 0 fully saturated rings. The maximum Gasteiger partial charge on any atom is 0.325 e. The van der Waals surface area contributed by atoms with Crippen LogP contribution in [0.5, 0.6) is 0 Å². The number of carbonyl (C=O) groups excluding carboxylic acids is 1. The summed E-state index contributed by atoms with van der Waals surface area (Å²) in [6.07, 6.45) is 1.10. The number of carbonyl (C=O) groups is 1. The smallest absolute Gasteiger partial charge is 0.325 e. The summed E-state index contributed by atoms with van der Waals surface area (Å²) < 4.78 is 0. The monoisotopic (exact) mass is 342 g/mol. The van der Waals surface area contributed by atoms with E-state index in [2.05, 4.69) is 15.3 Å². The Morgan fingerprint density at radius 2 is 2.00 bits per heavy atom. The van der Waals surface area contributed by atoms with Crippen molar-refractivity contribution in [3.05, 3.63) is 73.5 Å². The van der Waals surface area contributed by atoms with Crippen molar-refractivity contribution in [3.8, 4) is 10.6 Å². The average molecular weight is 342 g/mol. The standard InChI is InChI=1S/C16H14N4O3S/c1-9-12(24-15(19-9)10-5-3-2-4-6-10)8-17-13(21)11-7-18-16(23)20-14(11)22/h2-7H,8H2,1H3,(H,17,21)(H2,18,20,22,23). The maximum atomic E-state index is 12.1. The number of amides is 1. The van der Waals surface area contributed by atoms with E-state index >= 15 is 0 Å². The Balaban J connectivity index is 1.75. The maximum absolute atomic E-state index is 12.1. The number of hydrogen-bond donors (Lipinski definition) is 3. The minimum absolute atomic E-state index is 0.139. The molecule has 0 aliphatic heterocycles. The van der Waals surface area contributed by atoms with Crippen LogP contribution in [-0.4, -0.2) is 20.9 Å². The van der Waals surface area contributed by atoms with Gasteiger partial charge >= 0.3 is 5.69 Å². The van der Waals surface area contributed by atoms with Crippen molar-refractivity contribution in [1.29, 1.82) is 0 Å². The van der Waals surface area contributed by atoms with Crippen molar-refractivity contribution < 1.29 is 4.79 Å². The van der Waals surface area contributed by atoms with Gasteiger partial charge in [0.25, 0.3) is 11.5 Å². The molecule has 2 heterocycles. The molecule has 3 aromatic rings. The van der Waals surface area contributed by atoms with Crippen molar-refractivity contribution >= 4 is 17.2 Å². The lowest BCUT2D eigenvalue weighted by molar-refractivity contribution is 0.0949. The zero-order valence-electron chi connectivity index (χ0n) is 12.8. The molecule has 0 aliphatic rings. The fourth-order valence-corrected chi connectivity index (χ4v) is 3.14. The minimum atomic E-state index is -0.720. The van der Waals surface area contributed by atoms with Gasteiger partial charge in [-0.05, 0) is 6.92 Å². The Morgan fingerprint density at radius 3 is 2.71 bits per heavy atom. The predicted octanol–water partition coefficient (Wildman–Crippen LogP) is 1.43. The van der Waals surface area contributed by atoms with Crippen LogP contribution in [0.25, 0.3) is 10.6 Å². The second kappa shape index (κ2) is 6.63. The van der Waals surface area contributed by atoms with Crippen LogP contribution in [-0.2, 0) is 6.54 Å². The molecular formula is C16H14N4O3S. The van der Waals surface area contributed by atoms with Gasteiger partial charge in [0.05, 0.1) is 12.2 Å². The largest absolute Gasteiger partial charge is 0.347 e. The molecule has 24 heavy (non-hydrogen) atoms. The Hall–Kier alpha value is -3.00. The summed E-state index contributed by atoms with van der Waals surface area (Å²) in [5.74, 6) is -0.554. The Kier molecular flexibility index (Phi) is 4.39. The van der Waals surface area contributed by atoms with E-state index in [1.807, 2.05) is 42.2 Å². The number of nitrogens with one attached hydrogen (secondary N) is 3. The first-order valence-corrected chi connectivity index (χ1v) is 7.98. The van der Waals surface area contributed by atoms with Gasteiger partial charge in [0, 0.05) is 16.6 Å². The molecule has 3 N–H and O–H groups in total. The summed E-state index contributed by atoms with van der Waals surface area (Å²) in [4.78, 5) is 44.4. The van der Waals surface area contributed by atoms with Crippen molar-refractivity contribution in [1.82, 2.24) is 20.3 Å². The van der Waals surface area contributed by atoms with Gasteiger partial charge < -0.3 is 10.3 Å². The highest BCUT2D eigenvalue weighted by molar-refractivity contribution is 7.15. The van der Waals surface area contributed by atoms with Crippen LogP contribution in [0.2, 0.25) is 0 Å². The first-order valence-electron chi connectivity index (χ1n) is 7.16. The number of benzene rings is 1. The number of H-pyrrole nitrogens is 2. The second-order valence-electron chi connectivity index (χ2n) is 5.06. The summed E-state index contributed by atoms with van der Waals surface area (Å²) in [5.41, 5.74) is 0.333. The van der Waals surface area contributed by atoms with E-state index in [0.29, 0.717) is 0 Å². The van der Waals surface area contributed by atoms with E-state index in [4.69, 9.17) is 0 Å². The Bertz CT molecular complexity index is 988. The molecule has 1 aromatic carbocycles. The highest BCUT2D eigenvalue weighted by Gasteiger charge is 2.13. The number of rotatable bonds is 4. The molecule has 8 heteroatoms. The predicted molar refractivity (Wildman–Crippen MR) is 91.1 cm³/mol. The van der Waals surface area contributed by atoms with Crippen LogP contribution in [0.15, 0.2) is 46.1 Å². The molecule has 7 nitrogen and oxygen atoms in total. The number of aromatic amines is 2. The topological polar surface area (TPSA) is 108 Å². The zero-order chi connectivity index (χ0) is 17.1. The van der Waals surface area contributed by atoms with Gasteiger partial charge in [-0.3, -0.25) is 14.6 Å². The van der Waals surface area contributed by atoms with Gasteiger partial charge in [-0.25, -0.2) is 9.78 Å². The van der Waals surface area contributed by atoms with Gasteiger partial charge in [0.1, 0.15) is 10.6 Å². The number of aromatic nitrogens is 3. The molecule has 0 aliphatic carbocycles. The highest BCUT2D eigenvalue weighted by Crippen LogP contribution is 2.27. The third kappa shape index (κ3) is 3.33. The summed E-state index contributed by atoms with van der Waals surface area (Å²) >= 11 is 1.49. The summed E-state index contributed by atoms with van der Waals surface area (Å²) in [6.45, 7) is 2.13. The van der Waals surface area contributed by atoms with Gasteiger partial charge in [-0.2, -0.15) is 0 Å². The lowest BCUT2D eigenvalue weighted by Gasteiger charge is -2.03. The van der Waals surface area contributed by atoms with Crippen LogP contribution >= 0.6 is 11.3 Å². The van der Waals surface area contributed by atoms with Crippen molar-refractivity contribution in [2.45, 2.75) is 13.5 Å². The number of nitrogens with zero attached hydrogens (tertiary/aromatic N) is 1. The highest BCUT2D eigenvalue weighted by atomic mass is 32.1. The fourth-order valence-electron chi connectivity index (χ4n) is 2.13. The Morgan fingerprint density at radius 1 is 1.25 bits per heavy atom. The zero-order valence-corrected chi connectivity index (χ0v) is 13.6. The van der Waals surface area contributed by atoms with Crippen LogP contribution < -0.4 is 16.6 Å². The number of hydrogen-bond acceptors (Lipinski definition) is 5. The quantitative estimate of drug-likeness (QED) is 0.666. The minimum Gasteiger partial charge on any atom is -0.347 e. The fraction of sp³-hybridized carbons (Fsp3) is 0.125. The van der Waals surface area contributed by atoms with Gasteiger partial charge in [-0.15, -0.1) is 11.3 Å². The third-order valence-electron chi connectivity index (χ3n) is 3.39. The molecule has 0 spiro atoms. The van der Waals surface area contributed by atoms with Crippen LogP contribution in [0, 0.1) is 6.92 Å². The van der Waals surface area contributed by atoms with Crippen LogP contribution in [0.1, 0.15) is 20.9 Å². The van der Waals surface area contributed by atoms with E-state index in [1.54, 1.807) is 0 Å². The number of thiazole rings is 1. The molecule has 122 valence electrons. The van der Waals surface area contributed by atoms with Crippen molar-refractivity contribution in [3.63, 3.8) is 0 Å². The van der Waals surface area contributed by atoms with E-state index in [1.165, 1.54) is 11.3 Å². The first-order chi connectivity index (χ1) is 11.5. The molecule has 0 saturated carbocycles. The second-order valence-corrected chi connectivity index (χ2v) is 6.15. The molecule has 3 rings (SSSR count). The molecule has 0 radical (unpaired) electrons. The SMILES string of the molecule is Cc1nc(-c2ccccc2)sc1CNC(=O)c1c[nH]c(=O)[nH]c1=O. The molecule has 1 amide bonds. The van der Waals surface area contributed by atoms with E-state index in [-0.39, 0.29) is 12.1 Å². The van der Waals surface area contributed by atoms with Crippen LogP contribution in [0.4, 0.5) is 0 Å². The summed E-state index contributed by atoms with van der Waals surface area (Å²) in [6, 6.07) is 9.76. The van der Waals surface area contributed by atoms with E-state index in [9.17, 15) is 14.4 Å². The normalized spacial score (nSPS) is 10.5. The van der Waals surface area contributed by atoms with Gasteiger partial charge in [0.15, 0.2) is 0 Å². The van der Waals surface area contributed by atoms with E-state index in [0.717, 1.165) is 27.3 Å². The molecule has 0 saturated heterocycles. The molecular weight excluding hydrogens is 328 g/mol. The first kappa shape index (κ1) is 15.9. The molecule has 2 aromatic heterocycles. The summed E-state index contributed by atoms with van der Waals surface area (Å²) in [5, 5.41) is 3.54. The van der Waals surface area contributed by atoms with Gasteiger partial charge in [-0.1, -0.05) is 30.3 Å². The van der Waals surface area contributed by atoms with Crippen LogP contribution in [0.3, 0.4) is 0 Å². The van der Waals surface area contributed by atoms with Crippen molar-refractivity contribution in [2.24, 2.45) is 0 Å². The van der Waals surface area contributed by atoms with Gasteiger partial charge in [0.2, 0.25) is 0 Å².